The second kappa shape index (κ2) is 4.28. The fourth-order valence-corrected chi connectivity index (χ4v) is 3.99. The fraction of sp³-hybridized carbons (Fsp3) is 0.857. The third kappa shape index (κ3) is 1.82. The summed E-state index contributed by atoms with van der Waals surface area (Å²) < 4.78 is 11.3. The Morgan fingerprint density at radius 2 is 2.26 bits per heavy atom. The molecule has 3 fully saturated rings. The molecule has 1 saturated carbocycles. The highest BCUT2D eigenvalue weighted by molar-refractivity contribution is 5.07. The van der Waals surface area contributed by atoms with Crippen LogP contribution in [0.15, 0.2) is 4.52 Å². The van der Waals surface area contributed by atoms with E-state index in [2.05, 4.69) is 22.4 Å². The largest absolute Gasteiger partial charge is 0.367 e. The molecule has 1 aromatic heterocycles. The van der Waals surface area contributed by atoms with Gasteiger partial charge in [0.15, 0.2) is 0 Å². The number of hydrogen-bond acceptors (Lipinski definition) is 5. The molecular weight excluding hydrogens is 242 g/mol. The van der Waals surface area contributed by atoms with Crippen LogP contribution in [0.3, 0.4) is 0 Å². The van der Waals surface area contributed by atoms with Crippen LogP contribution in [-0.4, -0.2) is 23.3 Å². The summed E-state index contributed by atoms with van der Waals surface area (Å²) >= 11 is 0. The molecule has 5 heteroatoms. The normalized spacial score (nSPS) is 41.8. The number of nitrogens with zero attached hydrogens (tertiary/aromatic N) is 2. The smallest absolute Gasteiger partial charge is 0.244 e. The van der Waals surface area contributed by atoms with E-state index in [1.54, 1.807) is 0 Å². The van der Waals surface area contributed by atoms with Gasteiger partial charge in [0.05, 0.1) is 6.04 Å². The molecule has 4 unspecified atom stereocenters. The van der Waals surface area contributed by atoms with Crippen LogP contribution in [0.2, 0.25) is 0 Å². The lowest BCUT2D eigenvalue weighted by atomic mass is 9.94. The van der Waals surface area contributed by atoms with Crippen molar-refractivity contribution >= 4 is 0 Å². The quantitative estimate of drug-likeness (QED) is 0.886. The van der Waals surface area contributed by atoms with Gasteiger partial charge in [0.25, 0.3) is 0 Å². The molecule has 2 saturated heterocycles. The lowest BCUT2D eigenvalue weighted by molar-refractivity contribution is 0.00768. The second-order valence-corrected chi connectivity index (χ2v) is 6.38. The highest BCUT2D eigenvalue weighted by atomic mass is 16.5. The van der Waals surface area contributed by atoms with Gasteiger partial charge in [-0.05, 0) is 51.0 Å². The number of ether oxygens (including phenoxy) is 1. The van der Waals surface area contributed by atoms with E-state index in [9.17, 15) is 0 Å². The average Bonchev–Trinajstić information content (AvgIpc) is 3.12. The maximum atomic E-state index is 5.78. The zero-order valence-electron chi connectivity index (χ0n) is 11.4. The van der Waals surface area contributed by atoms with Crippen molar-refractivity contribution < 1.29 is 9.26 Å². The maximum Gasteiger partial charge on any atom is 0.244 e. The van der Waals surface area contributed by atoms with Crippen molar-refractivity contribution in [1.29, 1.82) is 0 Å². The zero-order chi connectivity index (χ0) is 12.9. The number of aromatic nitrogens is 2. The van der Waals surface area contributed by atoms with Crippen molar-refractivity contribution in [3.63, 3.8) is 0 Å². The van der Waals surface area contributed by atoms with Crippen LogP contribution in [-0.2, 0) is 10.3 Å². The topological polar surface area (TPSA) is 60.2 Å². The Labute approximate surface area is 113 Å². The molecule has 1 aromatic rings. The van der Waals surface area contributed by atoms with E-state index in [0.717, 1.165) is 43.6 Å². The molecule has 0 amide bonds. The van der Waals surface area contributed by atoms with E-state index >= 15 is 0 Å². The Bertz CT molecular complexity index is 467. The molecule has 104 valence electrons. The molecule has 4 rings (SSSR count). The van der Waals surface area contributed by atoms with Gasteiger partial charge < -0.3 is 14.6 Å². The summed E-state index contributed by atoms with van der Waals surface area (Å²) in [5.74, 6) is 2.98. The number of rotatable bonds is 2. The van der Waals surface area contributed by atoms with Gasteiger partial charge >= 0.3 is 0 Å². The standard InChI is InChI=1S/C14H21N3O2/c1-14(6-3-7-18-14)13-16-12(19-17-13)11-10-5-2-4-9(10)8-15-11/h9-11,15H,2-8H2,1H3. The molecule has 0 radical (unpaired) electrons. The Morgan fingerprint density at radius 3 is 3.11 bits per heavy atom. The van der Waals surface area contributed by atoms with Gasteiger partial charge in [-0.3, -0.25) is 0 Å². The Morgan fingerprint density at radius 1 is 1.32 bits per heavy atom. The summed E-state index contributed by atoms with van der Waals surface area (Å²) in [7, 11) is 0. The molecule has 1 N–H and O–H groups in total. The third-order valence-electron chi connectivity index (χ3n) is 5.15. The van der Waals surface area contributed by atoms with E-state index in [1.165, 1.54) is 19.3 Å². The Balaban J connectivity index is 1.58. The Kier molecular flexibility index (Phi) is 2.67. The van der Waals surface area contributed by atoms with Crippen molar-refractivity contribution in [3.05, 3.63) is 11.7 Å². The van der Waals surface area contributed by atoms with E-state index in [0.29, 0.717) is 5.92 Å². The van der Waals surface area contributed by atoms with Crippen LogP contribution < -0.4 is 5.32 Å². The lowest BCUT2D eigenvalue weighted by Crippen LogP contribution is -2.22. The van der Waals surface area contributed by atoms with Crippen LogP contribution in [0.5, 0.6) is 0 Å². The average molecular weight is 263 g/mol. The van der Waals surface area contributed by atoms with Crippen molar-refractivity contribution in [2.24, 2.45) is 11.8 Å². The molecule has 3 heterocycles. The first-order valence-corrected chi connectivity index (χ1v) is 7.48. The van der Waals surface area contributed by atoms with Gasteiger partial charge in [-0.15, -0.1) is 0 Å². The molecule has 2 aliphatic heterocycles. The van der Waals surface area contributed by atoms with Crippen molar-refractivity contribution in [2.45, 2.75) is 50.7 Å². The number of hydrogen-bond donors (Lipinski definition) is 1. The van der Waals surface area contributed by atoms with E-state index in [1.807, 2.05) is 0 Å². The first kappa shape index (κ1) is 11.9. The van der Waals surface area contributed by atoms with Crippen molar-refractivity contribution in [1.82, 2.24) is 15.5 Å². The zero-order valence-corrected chi connectivity index (χ0v) is 11.4. The van der Waals surface area contributed by atoms with Crippen LogP contribution in [0.4, 0.5) is 0 Å². The van der Waals surface area contributed by atoms with Gasteiger partial charge in [-0.25, -0.2) is 0 Å². The first-order valence-electron chi connectivity index (χ1n) is 7.48. The fourth-order valence-electron chi connectivity index (χ4n) is 3.99. The van der Waals surface area contributed by atoms with Gasteiger partial charge in [0.2, 0.25) is 11.7 Å². The molecular formula is C14H21N3O2. The lowest BCUT2D eigenvalue weighted by Gasteiger charge is -2.18. The van der Waals surface area contributed by atoms with Crippen LogP contribution in [0, 0.1) is 11.8 Å². The summed E-state index contributed by atoms with van der Waals surface area (Å²) in [6, 6.07) is 0.263. The predicted molar refractivity (Wildman–Crippen MR) is 68.4 cm³/mol. The van der Waals surface area contributed by atoms with Crippen LogP contribution in [0.1, 0.15) is 56.8 Å². The van der Waals surface area contributed by atoms with Gasteiger partial charge in [0, 0.05) is 6.61 Å². The third-order valence-corrected chi connectivity index (χ3v) is 5.15. The van der Waals surface area contributed by atoms with Gasteiger partial charge in [-0.1, -0.05) is 11.6 Å². The van der Waals surface area contributed by atoms with E-state index < -0.39 is 0 Å². The summed E-state index contributed by atoms with van der Waals surface area (Å²) in [5, 5.41) is 7.73. The minimum absolute atomic E-state index is 0.263. The van der Waals surface area contributed by atoms with E-state index in [-0.39, 0.29) is 11.6 Å². The van der Waals surface area contributed by atoms with Gasteiger partial charge in [-0.2, -0.15) is 4.98 Å². The number of nitrogens with one attached hydrogen (secondary N) is 1. The monoisotopic (exact) mass is 263 g/mol. The first-order chi connectivity index (χ1) is 9.26. The minimum Gasteiger partial charge on any atom is -0.367 e. The SMILES string of the molecule is CC1(c2noc(C3NCC4CCCC43)n2)CCCO1. The van der Waals surface area contributed by atoms with Gasteiger partial charge in [0.1, 0.15) is 5.60 Å². The van der Waals surface area contributed by atoms with Crippen LogP contribution >= 0.6 is 0 Å². The molecule has 19 heavy (non-hydrogen) atoms. The molecule has 1 aliphatic carbocycles. The summed E-state index contributed by atoms with van der Waals surface area (Å²) in [6.07, 6.45) is 6.03. The molecule has 3 aliphatic rings. The van der Waals surface area contributed by atoms with E-state index in [4.69, 9.17) is 9.26 Å². The predicted octanol–water partition coefficient (Wildman–Crippen LogP) is 2.16. The molecule has 0 spiro atoms. The highest BCUT2D eigenvalue weighted by Gasteiger charge is 2.43. The van der Waals surface area contributed by atoms with Crippen molar-refractivity contribution in [3.8, 4) is 0 Å². The number of fused-ring (bicyclic) bond motifs is 1. The minimum atomic E-state index is -0.338. The molecule has 4 atom stereocenters. The second-order valence-electron chi connectivity index (χ2n) is 6.38. The maximum absolute atomic E-state index is 5.78. The van der Waals surface area contributed by atoms with Crippen LogP contribution in [0.25, 0.3) is 0 Å². The summed E-state index contributed by atoms with van der Waals surface area (Å²) in [4.78, 5) is 4.64. The molecule has 0 aromatic carbocycles. The summed E-state index contributed by atoms with van der Waals surface area (Å²) in [5.41, 5.74) is -0.338. The van der Waals surface area contributed by atoms with Crippen molar-refractivity contribution in [2.75, 3.05) is 13.2 Å². The summed E-state index contributed by atoms with van der Waals surface area (Å²) in [6.45, 7) is 3.96. The molecule has 0 bridgehead atoms. The Hall–Kier alpha value is -0.940. The molecule has 5 nitrogen and oxygen atoms in total. The highest BCUT2D eigenvalue weighted by Crippen LogP contribution is 2.44.